The summed E-state index contributed by atoms with van der Waals surface area (Å²) in [5.74, 6) is -0.272. The van der Waals surface area contributed by atoms with Gasteiger partial charge in [-0.1, -0.05) is 6.08 Å². The lowest BCUT2D eigenvalue weighted by Gasteiger charge is -2.10. The van der Waals surface area contributed by atoms with Gasteiger partial charge in [-0.15, -0.1) is 6.58 Å². The molecule has 1 fully saturated rings. The summed E-state index contributed by atoms with van der Waals surface area (Å²) in [6.45, 7) is 6.20. The molecule has 1 rings (SSSR count). The molecule has 0 aromatic rings. The summed E-state index contributed by atoms with van der Waals surface area (Å²) in [6, 6.07) is 0. The number of carbonyl (C=O) groups is 2. The van der Waals surface area contributed by atoms with Crippen molar-refractivity contribution in [1.29, 1.82) is 0 Å². The zero-order valence-electron chi connectivity index (χ0n) is 9.93. The molecule has 5 nitrogen and oxygen atoms in total. The number of rotatable bonds is 6. The molecule has 1 saturated heterocycles. The minimum absolute atomic E-state index is 0.272. The van der Waals surface area contributed by atoms with E-state index in [1.54, 1.807) is 25.3 Å². The van der Waals surface area contributed by atoms with Gasteiger partial charge in [0.25, 0.3) is 0 Å². The SMILES string of the molecule is C=CCCC(=O)OC(C)/C=C/N1CCOC1=O. The van der Waals surface area contributed by atoms with E-state index in [1.807, 2.05) is 0 Å². The highest BCUT2D eigenvalue weighted by Gasteiger charge is 2.19. The largest absolute Gasteiger partial charge is 0.458 e. The first-order valence-electron chi connectivity index (χ1n) is 5.55. The van der Waals surface area contributed by atoms with Crippen LogP contribution in [0.25, 0.3) is 0 Å². The minimum Gasteiger partial charge on any atom is -0.458 e. The van der Waals surface area contributed by atoms with E-state index in [0.29, 0.717) is 26.0 Å². The second-order valence-corrected chi connectivity index (χ2v) is 3.67. The summed E-state index contributed by atoms with van der Waals surface area (Å²) >= 11 is 0. The highest BCUT2D eigenvalue weighted by molar-refractivity contribution is 5.71. The number of hydrogen-bond acceptors (Lipinski definition) is 4. The van der Waals surface area contributed by atoms with Crippen LogP contribution in [0.5, 0.6) is 0 Å². The third kappa shape index (κ3) is 4.72. The number of hydrogen-bond donors (Lipinski definition) is 0. The average Bonchev–Trinajstić information content (AvgIpc) is 2.69. The molecule has 1 aliphatic heterocycles. The molecule has 0 radical (unpaired) electrons. The number of amides is 1. The molecule has 5 heteroatoms. The van der Waals surface area contributed by atoms with Crippen LogP contribution >= 0.6 is 0 Å². The highest BCUT2D eigenvalue weighted by atomic mass is 16.6. The van der Waals surface area contributed by atoms with Crippen LogP contribution in [-0.4, -0.2) is 36.2 Å². The van der Waals surface area contributed by atoms with Crippen LogP contribution in [0.15, 0.2) is 24.9 Å². The van der Waals surface area contributed by atoms with Gasteiger partial charge in [0.15, 0.2) is 0 Å². The maximum Gasteiger partial charge on any atom is 0.413 e. The molecule has 0 spiro atoms. The van der Waals surface area contributed by atoms with E-state index >= 15 is 0 Å². The maximum atomic E-state index is 11.3. The number of cyclic esters (lactones) is 1. The number of allylic oxidation sites excluding steroid dienone is 1. The standard InChI is InChI=1S/C12H17NO4/c1-3-4-5-11(14)17-10(2)6-7-13-8-9-16-12(13)15/h3,6-7,10H,1,4-5,8-9H2,2H3/b7-6+. The van der Waals surface area contributed by atoms with Crippen LogP contribution in [0.2, 0.25) is 0 Å². The van der Waals surface area contributed by atoms with E-state index in [-0.39, 0.29) is 18.2 Å². The van der Waals surface area contributed by atoms with E-state index in [9.17, 15) is 9.59 Å². The van der Waals surface area contributed by atoms with Crippen molar-refractivity contribution in [2.75, 3.05) is 13.2 Å². The fourth-order valence-electron chi connectivity index (χ4n) is 1.29. The van der Waals surface area contributed by atoms with Crippen LogP contribution in [-0.2, 0) is 14.3 Å². The van der Waals surface area contributed by atoms with E-state index in [4.69, 9.17) is 9.47 Å². The predicted octanol–water partition coefficient (Wildman–Crippen LogP) is 1.85. The summed E-state index contributed by atoms with van der Waals surface area (Å²) in [4.78, 5) is 23.8. The Morgan fingerprint density at radius 1 is 1.71 bits per heavy atom. The molecule has 0 saturated carbocycles. The molecule has 1 atom stereocenters. The van der Waals surface area contributed by atoms with E-state index in [0.717, 1.165) is 0 Å². The Bertz CT molecular complexity index is 324. The van der Waals surface area contributed by atoms with Crippen molar-refractivity contribution < 1.29 is 19.1 Å². The smallest absolute Gasteiger partial charge is 0.413 e. The number of esters is 1. The zero-order chi connectivity index (χ0) is 12.7. The molecule has 1 amide bonds. The second-order valence-electron chi connectivity index (χ2n) is 3.67. The van der Waals surface area contributed by atoms with Crippen molar-refractivity contribution in [2.24, 2.45) is 0 Å². The normalized spacial score (nSPS) is 17.0. The Labute approximate surface area is 101 Å². The Hall–Kier alpha value is -1.78. The van der Waals surface area contributed by atoms with Crippen LogP contribution in [0.4, 0.5) is 4.79 Å². The molecule has 1 aliphatic rings. The summed E-state index contributed by atoms with van der Waals surface area (Å²) in [5, 5.41) is 0. The first-order valence-corrected chi connectivity index (χ1v) is 5.55. The minimum atomic E-state index is -0.369. The van der Waals surface area contributed by atoms with Crippen LogP contribution in [0.1, 0.15) is 19.8 Å². The van der Waals surface area contributed by atoms with Gasteiger partial charge in [-0.25, -0.2) is 4.79 Å². The van der Waals surface area contributed by atoms with Gasteiger partial charge in [0, 0.05) is 12.6 Å². The molecule has 0 N–H and O–H groups in total. The first kappa shape index (κ1) is 13.3. The van der Waals surface area contributed by atoms with E-state index in [1.165, 1.54) is 4.90 Å². The average molecular weight is 239 g/mol. The van der Waals surface area contributed by atoms with Crippen molar-refractivity contribution >= 4 is 12.1 Å². The van der Waals surface area contributed by atoms with Gasteiger partial charge in [0.05, 0.1) is 6.54 Å². The lowest BCUT2D eigenvalue weighted by molar-refractivity contribution is -0.146. The van der Waals surface area contributed by atoms with E-state index < -0.39 is 0 Å². The molecule has 0 aromatic carbocycles. The van der Waals surface area contributed by atoms with Gasteiger partial charge in [0.2, 0.25) is 0 Å². The molecule has 0 bridgehead atoms. The van der Waals surface area contributed by atoms with Gasteiger partial charge in [0.1, 0.15) is 12.7 Å². The van der Waals surface area contributed by atoms with E-state index in [2.05, 4.69) is 6.58 Å². The molecular formula is C12H17NO4. The van der Waals surface area contributed by atoms with Gasteiger partial charge in [-0.3, -0.25) is 9.69 Å². The van der Waals surface area contributed by atoms with Gasteiger partial charge in [-0.05, 0) is 19.4 Å². The number of carbonyl (C=O) groups excluding carboxylic acids is 2. The lowest BCUT2D eigenvalue weighted by atomic mass is 10.3. The summed E-state index contributed by atoms with van der Waals surface area (Å²) in [6.07, 6.45) is 5.11. The Morgan fingerprint density at radius 3 is 3.06 bits per heavy atom. The Balaban J connectivity index is 2.30. The monoisotopic (exact) mass is 239 g/mol. The summed E-state index contributed by atoms with van der Waals surface area (Å²) < 4.78 is 9.84. The van der Waals surface area contributed by atoms with Gasteiger partial charge >= 0.3 is 12.1 Å². The fraction of sp³-hybridized carbons (Fsp3) is 0.500. The lowest BCUT2D eigenvalue weighted by Crippen LogP contribution is -2.19. The van der Waals surface area contributed by atoms with Crippen molar-refractivity contribution in [1.82, 2.24) is 4.90 Å². The molecule has 1 heterocycles. The van der Waals surface area contributed by atoms with Crippen LogP contribution in [0.3, 0.4) is 0 Å². The molecule has 17 heavy (non-hydrogen) atoms. The Kier molecular flexibility index (Phi) is 5.26. The third-order valence-electron chi connectivity index (χ3n) is 2.20. The maximum absolute atomic E-state index is 11.3. The third-order valence-corrected chi connectivity index (χ3v) is 2.20. The van der Waals surface area contributed by atoms with Gasteiger partial charge in [-0.2, -0.15) is 0 Å². The molecular weight excluding hydrogens is 222 g/mol. The number of ether oxygens (including phenoxy) is 2. The van der Waals surface area contributed by atoms with Crippen LogP contribution in [0, 0.1) is 0 Å². The zero-order valence-corrected chi connectivity index (χ0v) is 9.93. The van der Waals surface area contributed by atoms with Crippen LogP contribution < -0.4 is 0 Å². The van der Waals surface area contributed by atoms with Crippen molar-refractivity contribution in [2.45, 2.75) is 25.9 Å². The second kappa shape index (κ2) is 6.73. The molecule has 0 aliphatic carbocycles. The first-order chi connectivity index (χ1) is 8.13. The summed E-state index contributed by atoms with van der Waals surface area (Å²) in [5.41, 5.74) is 0. The van der Waals surface area contributed by atoms with Crippen molar-refractivity contribution in [3.05, 3.63) is 24.9 Å². The summed E-state index contributed by atoms with van der Waals surface area (Å²) in [7, 11) is 0. The molecule has 94 valence electrons. The number of nitrogens with zero attached hydrogens (tertiary/aromatic N) is 1. The molecule has 1 unspecified atom stereocenters. The molecule has 0 aromatic heterocycles. The predicted molar refractivity (Wildman–Crippen MR) is 62.2 cm³/mol. The van der Waals surface area contributed by atoms with Gasteiger partial charge < -0.3 is 9.47 Å². The topological polar surface area (TPSA) is 55.8 Å². The highest BCUT2D eigenvalue weighted by Crippen LogP contribution is 2.05. The Morgan fingerprint density at radius 2 is 2.47 bits per heavy atom. The van der Waals surface area contributed by atoms with Crippen molar-refractivity contribution in [3.8, 4) is 0 Å². The van der Waals surface area contributed by atoms with Crippen molar-refractivity contribution in [3.63, 3.8) is 0 Å². The quantitative estimate of drug-likeness (QED) is 0.524. The fourth-order valence-corrected chi connectivity index (χ4v) is 1.29.